The van der Waals surface area contributed by atoms with Gasteiger partial charge in [-0.15, -0.1) is 0 Å². The molecule has 104 valence electrons. The van der Waals surface area contributed by atoms with Gasteiger partial charge in [-0.25, -0.2) is 0 Å². The summed E-state index contributed by atoms with van der Waals surface area (Å²) in [6, 6.07) is 9.89. The van der Waals surface area contributed by atoms with Crippen LogP contribution < -0.4 is 5.32 Å². The van der Waals surface area contributed by atoms with Crippen LogP contribution in [-0.4, -0.2) is 11.1 Å². The molecule has 0 saturated heterocycles. The number of carbonyl (C=O) groups is 1. The molecule has 2 aromatic rings. The van der Waals surface area contributed by atoms with Crippen molar-refractivity contribution in [2.24, 2.45) is 5.92 Å². The van der Waals surface area contributed by atoms with E-state index in [-0.39, 0.29) is 5.91 Å². The van der Waals surface area contributed by atoms with E-state index in [1.165, 1.54) is 12.8 Å². The fourth-order valence-electron chi connectivity index (χ4n) is 2.27. The Morgan fingerprint density at radius 1 is 1.35 bits per heavy atom. The monoisotopic (exact) mass is 270 g/mol. The summed E-state index contributed by atoms with van der Waals surface area (Å²) in [5.41, 5.74) is 2.78. The number of benzene rings is 1. The number of aryl methyl sites for hydroxylation is 1. The number of rotatable bonds is 5. The minimum atomic E-state index is 0.118. The third kappa shape index (κ3) is 2.90. The first-order valence-corrected chi connectivity index (χ1v) is 7.01. The molecule has 0 radical (unpaired) electrons. The molecule has 0 bridgehead atoms. The third-order valence-corrected chi connectivity index (χ3v) is 3.67. The van der Waals surface area contributed by atoms with Crippen LogP contribution >= 0.6 is 0 Å². The van der Waals surface area contributed by atoms with Crippen molar-refractivity contribution in [2.75, 3.05) is 0 Å². The number of carbonyl (C=O) groups excluding carboxylic acids is 1. The van der Waals surface area contributed by atoms with Crippen molar-refractivity contribution < 1.29 is 9.32 Å². The molecule has 20 heavy (non-hydrogen) atoms. The largest absolute Gasteiger partial charge is 0.361 e. The van der Waals surface area contributed by atoms with E-state index in [0.717, 1.165) is 22.6 Å². The molecule has 1 aliphatic rings. The molecule has 1 heterocycles. The summed E-state index contributed by atoms with van der Waals surface area (Å²) in [6.07, 6.45) is 3.02. The van der Waals surface area contributed by atoms with Crippen molar-refractivity contribution in [3.63, 3.8) is 0 Å². The highest BCUT2D eigenvalue weighted by molar-refractivity contribution is 5.77. The Kier molecular flexibility index (Phi) is 3.54. The average molecular weight is 270 g/mol. The molecule has 1 amide bonds. The molecule has 1 N–H and O–H groups in total. The summed E-state index contributed by atoms with van der Waals surface area (Å²) < 4.78 is 5.27. The number of hydrogen-bond acceptors (Lipinski definition) is 3. The molecule has 4 heteroatoms. The van der Waals surface area contributed by atoms with E-state index in [0.29, 0.717) is 18.9 Å². The molecule has 0 aliphatic heterocycles. The quantitative estimate of drug-likeness (QED) is 0.908. The molecule has 0 unspecified atom stereocenters. The van der Waals surface area contributed by atoms with Gasteiger partial charge in [0.05, 0.1) is 0 Å². The molecule has 1 aromatic heterocycles. The lowest BCUT2D eigenvalue weighted by Crippen LogP contribution is -2.23. The number of hydrogen-bond donors (Lipinski definition) is 1. The molecule has 0 spiro atoms. The van der Waals surface area contributed by atoms with Gasteiger partial charge in [-0.1, -0.05) is 35.5 Å². The maximum atomic E-state index is 11.8. The number of amides is 1. The Balaban J connectivity index is 1.72. The SMILES string of the molecule is Cc1onc(-c2ccccc2)c1CNC(=O)CC1CC1. The first-order chi connectivity index (χ1) is 9.74. The van der Waals surface area contributed by atoms with Gasteiger partial charge < -0.3 is 9.84 Å². The Bertz CT molecular complexity index is 600. The molecule has 1 aromatic carbocycles. The van der Waals surface area contributed by atoms with E-state index in [4.69, 9.17) is 4.52 Å². The van der Waals surface area contributed by atoms with Crippen LogP contribution in [0.5, 0.6) is 0 Å². The molecule has 3 rings (SSSR count). The minimum Gasteiger partial charge on any atom is -0.361 e. The highest BCUT2D eigenvalue weighted by atomic mass is 16.5. The predicted octanol–water partition coefficient (Wildman–Crippen LogP) is 3.07. The van der Waals surface area contributed by atoms with Gasteiger partial charge in [-0.3, -0.25) is 4.79 Å². The van der Waals surface area contributed by atoms with E-state index >= 15 is 0 Å². The maximum absolute atomic E-state index is 11.8. The van der Waals surface area contributed by atoms with Crippen LogP contribution in [-0.2, 0) is 11.3 Å². The molecule has 0 atom stereocenters. The molecule has 1 fully saturated rings. The van der Waals surface area contributed by atoms with Gasteiger partial charge in [0.1, 0.15) is 11.5 Å². The summed E-state index contributed by atoms with van der Waals surface area (Å²) in [4.78, 5) is 11.8. The first kappa shape index (κ1) is 12.9. The molecule has 1 aliphatic carbocycles. The van der Waals surface area contributed by atoms with Crippen LogP contribution in [0.1, 0.15) is 30.6 Å². The topological polar surface area (TPSA) is 55.1 Å². The second-order valence-electron chi connectivity index (χ2n) is 5.36. The van der Waals surface area contributed by atoms with Crippen LogP contribution in [0.25, 0.3) is 11.3 Å². The summed E-state index contributed by atoms with van der Waals surface area (Å²) in [5, 5.41) is 7.08. The first-order valence-electron chi connectivity index (χ1n) is 7.01. The van der Waals surface area contributed by atoms with Gasteiger partial charge in [-0.05, 0) is 25.7 Å². The highest BCUT2D eigenvalue weighted by Crippen LogP contribution is 2.32. The van der Waals surface area contributed by atoms with Gasteiger partial charge in [0.25, 0.3) is 0 Å². The zero-order valence-corrected chi connectivity index (χ0v) is 11.6. The lowest BCUT2D eigenvalue weighted by Gasteiger charge is -2.05. The molecule has 1 saturated carbocycles. The number of nitrogens with zero attached hydrogens (tertiary/aromatic N) is 1. The van der Waals surface area contributed by atoms with Gasteiger partial charge >= 0.3 is 0 Å². The van der Waals surface area contributed by atoms with Gasteiger partial charge in [0.15, 0.2) is 0 Å². The normalized spacial score (nSPS) is 14.2. The van der Waals surface area contributed by atoms with Crippen molar-refractivity contribution in [3.8, 4) is 11.3 Å². The Hall–Kier alpha value is -2.10. The molecular weight excluding hydrogens is 252 g/mol. The Morgan fingerprint density at radius 3 is 2.80 bits per heavy atom. The zero-order chi connectivity index (χ0) is 13.9. The summed E-state index contributed by atoms with van der Waals surface area (Å²) in [7, 11) is 0. The summed E-state index contributed by atoms with van der Waals surface area (Å²) >= 11 is 0. The Morgan fingerprint density at radius 2 is 2.10 bits per heavy atom. The highest BCUT2D eigenvalue weighted by Gasteiger charge is 2.24. The maximum Gasteiger partial charge on any atom is 0.220 e. The van der Waals surface area contributed by atoms with E-state index in [1.807, 2.05) is 37.3 Å². The van der Waals surface area contributed by atoms with Crippen molar-refractivity contribution in [1.29, 1.82) is 0 Å². The standard InChI is InChI=1S/C16H18N2O2/c1-11-14(10-17-15(19)9-12-7-8-12)16(18-20-11)13-5-3-2-4-6-13/h2-6,12H,7-10H2,1H3,(H,17,19). The van der Waals surface area contributed by atoms with E-state index in [9.17, 15) is 4.79 Å². The lowest BCUT2D eigenvalue weighted by atomic mass is 10.1. The van der Waals surface area contributed by atoms with Crippen LogP contribution in [0.3, 0.4) is 0 Å². The zero-order valence-electron chi connectivity index (χ0n) is 11.6. The van der Waals surface area contributed by atoms with Crippen molar-refractivity contribution in [2.45, 2.75) is 32.7 Å². The van der Waals surface area contributed by atoms with E-state index < -0.39 is 0 Å². The lowest BCUT2D eigenvalue weighted by molar-refractivity contribution is -0.121. The fraction of sp³-hybridized carbons (Fsp3) is 0.375. The molecular formula is C16H18N2O2. The number of aromatic nitrogens is 1. The second-order valence-corrected chi connectivity index (χ2v) is 5.36. The summed E-state index contributed by atoms with van der Waals surface area (Å²) in [5.74, 6) is 1.48. The smallest absolute Gasteiger partial charge is 0.220 e. The van der Waals surface area contributed by atoms with Crippen molar-refractivity contribution >= 4 is 5.91 Å². The van der Waals surface area contributed by atoms with Crippen molar-refractivity contribution in [1.82, 2.24) is 10.5 Å². The van der Waals surface area contributed by atoms with Crippen LogP contribution in [0, 0.1) is 12.8 Å². The fourth-order valence-corrected chi connectivity index (χ4v) is 2.27. The van der Waals surface area contributed by atoms with E-state index in [2.05, 4.69) is 10.5 Å². The predicted molar refractivity (Wildman–Crippen MR) is 75.9 cm³/mol. The van der Waals surface area contributed by atoms with Crippen LogP contribution in [0.15, 0.2) is 34.9 Å². The molecule has 4 nitrogen and oxygen atoms in total. The Labute approximate surface area is 118 Å². The number of nitrogens with one attached hydrogen (secondary N) is 1. The minimum absolute atomic E-state index is 0.118. The van der Waals surface area contributed by atoms with Crippen LogP contribution in [0.2, 0.25) is 0 Å². The third-order valence-electron chi connectivity index (χ3n) is 3.67. The summed E-state index contributed by atoms with van der Waals surface area (Å²) in [6.45, 7) is 2.35. The van der Waals surface area contributed by atoms with Crippen LogP contribution in [0.4, 0.5) is 0 Å². The second kappa shape index (κ2) is 5.49. The van der Waals surface area contributed by atoms with Gasteiger partial charge in [0, 0.05) is 24.1 Å². The van der Waals surface area contributed by atoms with Crippen molar-refractivity contribution in [3.05, 3.63) is 41.7 Å². The van der Waals surface area contributed by atoms with Gasteiger partial charge in [-0.2, -0.15) is 0 Å². The van der Waals surface area contributed by atoms with E-state index in [1.54, 1.807) is 0 Å². The average Bonchev–Trinajstić information content (AvgIpc) is 3.19. The van der Waals surface area contributed by atoms with Gasteiger partial charge in [0.2, 0.25) is 5.91 Å².